The number of aromatic hydroxyl groups is 1. The van der Waals surface area contributed by atoms with Gasteiger partial charge < -0.3 is 19.6 Å². The monoisotopic (exact) mass is 492 g/mol. The molecule has 0 aromatic heterocycles. The van der Waals surface area contributed by atoms with Gasteiger partial charge in [-0.2, -0.15) is 5.10 Å². The van der Waals surface area contributed by atoms with Crippen LogP contribution in [0.4, 0.5) is 9.18 Å². The van der Waals surface area contributed by atoms with E-state index >= 15 is 0 Å². The highest BCUT2D eigenvalue weighted by Crippen LogP contribution is 2.45. The molecule has 1 aliphatic carbocycles. The van der Waals surface area contributed by atoms with E-state index in [2.05, 4.69) is 0 Å². The summed E-state index contributed by atoms with van der Waals surface area (Å²) < 4.78 is 20.2. The number of halogens is 1. The third-order valence-electron chi connectivity index (χ3n) is 7.72. The molecule has 0 radical (unpaired) electrons. The number of carbonyl (C=O) groups excluding carboxylic acids is 2. The summed E-state index contributed by atoms with van der Waals surface area (Å²) in [5.41, 5.74) is 1.93. The Morgan fingerprint density at radius 3 is 2.53 bits per heavy atom. The van der Waals surface area contributed by atoms with Gasteiger partial charge in [-0.05, 0) is 61.6 Å². The van der Waals surface area contributed by atoms with Crippen molar-refractivity contribution in [1.29, 1.82) is 0 Å². The lowest BCUT2D eigenvalue weighted by Gasteiger charge is -2.40. The number of nitrogens with zero attached hydrogens (tertiary/aromatic N) is 4. The maximum absolute atomic E-state index is 14.2. The first-order valence-corrected chi connectivity index (χ1v) is 12.6. The smallest absolute Gasteiger partial charge is 0.341 e. The van der Waals surface area contributed by atoms with E-state index < -0.39 is 11.9 Å². The van der Waals surface area contributed by atoms with Crippen LogP contribution in [-0.2, 0) is 4.79 Å². The normalized spacial score (nSPS) is 23.4. The molecule has 2 unspecified atom stereocenters. The van der Waals surface area contributed by atoms with Crippen molar-refractivity contribution in [3.8, 4) is 11.5 Å². The number of hydrazone groups is 1. The zero-order valence-corrected chi connectivity index (χ0v) is 20.1. The SMILES string of the molecule is CC(=O)N1CCC(N(C(=O)N2N=C3c4cc(F)ccc4OCC3C2c2cccc(O)c2)C2CC2)CC1. The Balaban J connectivity index is 1.37. The Kier molecular flexibility index (Phi) is 5.58. The Labute approximate surface area is 208 Å². The van der Waals surface area contributed by atoms with E-state index in [4.69, 9.17) is 9.84 Å². The molecule has 0 bridgehead atoms. The first-order chi connectivity index (χ1) is 17.4. The highest BCUT2D eigenvalue weighted by atomic mass is 19.1. The minimum atomic E-state index is -0.491. The Morgan fingerprint density at radius 2 is 1.83 bits per heavy atom. The number of rotatable bonds is 3. The van der Waals surface area contributed by atoms with Crippen LogP contribution in [0.3, 0.4) is 0 Å². The first kappa shape index (κ1) is 22.8. The van der Waals surface area contributed by atoms with Gasteiger partial charge in [0.1, 0.15) is 17.3 Å². The lowest BCUT2D eigenvalue weighted by Crippen LogP contribution is -2.52. The zero-order chi connectivity index (χ0) is 25.0. The molecule has 1 saturated carbocycles. The molecule has 4 aliphatic rings. The number of amides is 3. The van der Waals surface area contributed by atoms with Crippen LogP contribution in [0.2, 0.25) is 0 Å². The van der Waals surface area contributed by atoms with Gasteiger partial charge in [0.25, 0.3) is 0 Å². The molecule has 9 heteroatoms. The minimum absolute atomic E-state index is 0.0224. The van der Waals surface area contributed by atoms with E-state index in [0.717, 1.165) is 31.2 Å². The Hall–Kier alpha value is -3.62. The standard InChI is InChI=1S/C27H29FN4O4/c1-16(33)30-11-9-20(10-12-30)31(19-6-7-19)27(35)32-26(17-3-2-4-21(34)13-17)23-15-36-24-8-5-18(28)14-22(24)25(23)29-32/h2-5,8,13-14,19-20,23,26,34H,6-7,9-12,15H2,1H3. The lowest BCUT2D eigenvalue weighted by atomic mass is 9.85. The molecule has 2 aromatic rings. The zero-order valence-electron chi connectivity index (χ0n) is 20.1. The number of hydrogen-bond donors (Lipinski definition) is 1. The van der Waals surface area contributed by atoms with Gasteiger partial charge in [0.15, 0.2) is 0 Å². The van der Waals surface area contributed by atoms with Gasteiger partial charge in [0.05, 0.1) is 24.3 Å². The molecule has 3 heterocycles. The number of benzene rings is 2. The average molecular weight is 493 g/mol. The van der Waals surface area contributed by atoms with E-state index in [9.17, 15) is 19.1 Å². The van der Waals surface area contributed by atoms with Crippen molar-refractivity contribution >= 4 is 17.6 Å². The summed E-state index contributed by atoms with van der Waals surface area (Å²) in [6.45, 7) is 3.13. The molecule has 2 aromatic carbocycles. The molecule has 1 saturated heterocycles. The number of phenols is 1. The molecular formula is C27H29FN4O4. The van der Waals surface area contributed by atoms with Crippen molar-refractivity contribution in [3.63, 3.8) is 0 Å². The summed E-state index contributed by atoms with van der Waals surface area (Å²) >= 11 is 0. The highest BCUT2D eigenvalue weighted by Gasteiger charge is 2.49. The second-order valence-electron chi connectivity index (χ2n) is 10.1. The predicted octanol–water partition coefficient (Wildman–Crippen LogP) is 3.90. The summed E-state index contributed by atoms with van der Waals surface area (Å²) in [5, 5.41) is 16.5. The van der Waals surface area contributed by atoms with Crippen LogP contribution >= 0.6 is 0 Å². The van der Waals surface area contributed by atoms with Crippen LogP contribution in [0.15, 0.2) is 47.6 Å². The van der Waals surface area contributed by atoms with E-state index in [-0.39, 0.29) is 35.7 Å². The third kappa shape index (κ3) is 3.96. The second kappa shape index (κ2) is 8.80. The van der Waals surface area contributed by atoms with Gasteiger partial charge in [-0.1, -0.05) is 12.1 Å². The predicted molar refractivity (Wildman–Crippen MR) is 130 cm³/mol. The summed E-state index contributed by atoms with van der Waals surface area (Å²) in [7, 11) is 0. The van der Waals surface area contributed by atoms with E-state index in [1.807, 2.05) is 15.9 Å². The van der Waals surface area contributed by atoms with Crippen molar-refractivity contribution in [2.45, 2.75) is 50.7 Å². The van der Waals surface area contributed by atoms with Crippen LogP contribution in [0.1, 0.15) is 49.8 Å². The maximum atomic E-state index is 14.2. The van der Waals surface area contributed by atoms with E-state index in [1.165, 1.54) is 17.1 Å². The number of phenolic OH excluding ortho intramolecular Hbond substituents is 1. The molecule has 2 fully saturated rings. The molecule has 36 heavy (non-hydrogen) atoms. The largest absolute Gasteiger partial charge is 0.508 e. The number of piperidine rings is 1. The van der Waals surface area contributed by atoms with Gasteiger partial charge in [0.2, 0.25) is 5.91 Å². The minimum Gasteiger partial charge on any atom is -0.508 e. The van der Waals surface area contributed by atoms with Gasteiger partial charge in [-0.15, -0.1) is 0 Å². The fraction of sp³-hybridized carbons (Fsp3) is 0.444. The number of likely N-dealkylation sites (tertiary alicyclic amines) is 1. The quantitative estimate of drug-likeness (QED) is 0.704. The molecule has 3 aliphatic heterocycles. The number of hydrogen-bond acceptors (Lipinski definition) is 5. The summed E-state index contributed by atoms with van der Waals surface area (Å²) in [4.78, 5) is 29.8. The average Bonchev–Trinajstić information content (AvgIpc) is 3.62. The fourth-order valence-corrected chi connectivity index (χ4v) is 5.79. The van der Waals surface area contributed by atoms with Crippen LogP contribution in [0.5, 0.6) is 11.5 Å². The maximum Gasteiger partial charge on any atom is 0.341 e. The molecule has 1 N–H and O–H groups in total. The van der Waals surface area contributed by atoms with Crippen molar-refractivity contribution in [2.24, 2.45) is 11.0 Å². The van der Waals surface area contributed by atoms with Crippen molar-refractivity contribution in [3.05, 3.63) is 59.4 Å². The third-order valence-corrected chi connectivity index (χ3v) is 7.72. The molecular weight excluding hydrogens is 463 g/mol. The molecule has 6 rings (SSSR count). The first-order valence-electron chi connectivity index (χ1n) is 12.6. The van der Waals surface area contributed by atoms with Gasteiger partial charge in [0, 0.05) is 37.7 Å². The summed E-state index contributed by atoms with van der Waals surface area (Å²) in [6, 6.07) is 10.7. The highest BCUT2D eigenvalue weighted by molar-refractivity contribution is 6.07. The summed E-state index contributed by atoms with van der Waals surface area (Å²) in [6.07, 6.45) is 3.34. The van der Waals surface area contributed by atoms with Crippen LogP contribution < -0.4 is 4.74 Å². The van der Waals surface area contributed by atoms with Crippen molar-refractivity contribution in [2.75, 3.05) is 19.7 Å². The number of carbonyl (C=O) groups is 2. The second-order valence-corrected chi connectivity index (χ2v) is 10.1. The lowest BCUT2D eigenvalue weighted by molar-refractivity contribution is -0.130. The summed E-state index contributed by atoms with van der Waals surface area (Å²) in [5.74, 6) is 0.0164. The van der Waals surface area contributed by atoms with E-state index in [0.29, 0.717) is 36.7 Å². The number of ether oxygens (including phenoxy) is 1. The molecule has 3 amide bonds. The van der Waals surface area contributed by atoms with Crippen LogP contribution in [0, 0.1) is 11.7 Å². The topological polar surface area (TPSA) is 85.7 Å². The van der Waals surface area contributed by atoms with Gasteiger partial charge in [-0.3, -0.25) is 4.79 Å². The van der Waals surface area contributed by atoms with Gasteiger partial charge in [-0.25, -0.2) is 14.2 Å². The molecule has 8 nitrogen and oxygen atoms in total. The Morgan fingerprint density at radius 1 is 1.08 bits per heavy atom. The van der Waals surface area contributed by atoms with Crippen LogP contribution in [0.25, 0.3) is 0 Å². The molecule has 2 atom stereocenters. The van der Waals surface area contributed by atoms with Gasteiger partial charge >= 0.3 is 6.03 Å². The number of fused-ring (bicyclic) bond motifs is 3. The van der Waals surface area contributed by atoms with Crippen molar-refractivity contribution < 1.29 is 23.8 Å². The number of urea groups is 1. The molecule has 0 spiro atoms. The van der Waals surface area contributed by atoms with Crippen molar-refractivity contribution in [1.82, 2.24) is 14.8 Å². The fourth-order valence-electron chi connectivity index (χ4n) is 5.79. The molecule has 188 valence electrons. The van der Waals surface area contributed by atoms with Crippen LogP contribution in [-0.4, -0.2) is 69.3 Å². The Bertz CT molecular complexity index is 1240. The van der Waals surface area contributed by atoms with E-state index in [1.54, 1.807) is 31.2 Å².